The van der Waals surface area contributed by atoms with E-state index in [2.05, 4.69) is 10.1 Å². The van der Waals surface area contributed by atoms with Gasteiger partial charge in [-0.15, -0.1) is 0 Å². The van der Waals surface area contributed by atoms with Crippen LogP contribution in [0.25, 0.3) is 0 Å². The summed E-state index contributed by atoms with van der Waals surface area (Å²) in [5.74, 6) is 0.308. The fourth-order valence-corrected chi connectivity index (χ4v) is 1.92. The lowest BCUT2D eigenvalue weighted by Crippen LogP contribution is -2.18. The lowest BCUT2D eigenvalue weighted by molar-refractivity contribution is 0.0600. The zero-order chi connectivity index (χ0) is 11.1. The number of benzene rings is 1. The third-order valence-corrected chi connectivity index (χ3v) is 2.66. The van der Waals surface area contributed by atoms with E-state index in [9.17, 15) is 4.79 Å². The van der Waals surface area contributed by atoms with Crippen molar-refractivity contribution in [2.75, 3.05) is 24.0 Å². The molecule has 5 heteroatoms. The van der Waals surface area contributed by atoms with Gasteiger partial charge in [-0.05, 0) is 12.1 Å². The van der Waals surface area contributed by atoms with E-state index < -0.39 is 0 Å². The smallest absolute Gasteiger partial charge is 0.338 e. The summed E-state index contributed by atoms with van der Waals surface area (Å²) in [5.41, 5.74) is 2.35. The van der Waals surface area contributed by atoms with Crippen LogP contribution in [0.15, 0.2) is 24.6 Å². The predicted molar refractivity (Wildman–Crippen MR) is 58.5 cm³/mol. The normalized spacial score (nSPS) is 15.2. The van der Waals surface area contributed by atoms with Crippen LogP contribution in [-0.4, -0.2) is 19.7 Å². The molecule has 2 aliphatic rings. The van der Waals surface area contributed by atoms with Crippen LogP contribution in [0.2, 0.25) is 0 Å². The highest BCUT2D eigenvalue weighted by atomic mass is 16.5. The average molecular weight is 218 g/mol. The Balaban J connectivity index is 2.13. The number of hydrogen-bond donors (Lipinski definition) is 1. The van der Waals surface area contributed by atoms with Gasteiger partial charge in [-0.25, -0.2) is 4.79 Å². The average Bonchev–Trinajstić information content (AvgIpc) is 2.73. The molecule has 2 heterocycles. The van der Waals surface area contributed by atoms with E-state index in [-0.39, 0.29) is 5.97 Å². The number of carbonyl (C=O) groups is 1. The van der Waals surface area contributed by atoms with Crippen LogP contribution in [0.1, 0.15) is 10.4 Å². The van der Waals surface area contributed by atoms with Crippen LogP contribution in [0.5, 0.6) is 5.75 Å². The molecule has 1 aromatic rings. The van der Waals surface area contributed by atoms with E-state index in [0.717, 1.165) is 11.4 Å². The highest BCUT2D eigenvalue weighted by Gasteiger charge is 2.26. The summed E-state index contributed by atoms with van der Waals surface area (Å²) in [6, 6.07) is 3.46. The van der Waals surface area contributed by atoms with Gasteiger partial charge in [-0.3, -0.25) is 0 Å². The third-order valence-electron chi connectivity index (χ3n) is 2.66. The standard InChI is InChI=1S/C11H10N2O3/c1-15-11(14)7-4-8-10-9(5-7)16-3-2-13(10)6-12-8/h2-5,12H,6H2,1H3. The summed E-state index contributed by atoms with van der Waals surface area (Å²) in [5, 5.41) is 3.19. The van der Waals surface area contributed by atoms with Crippen LogP contribution in [0, 0.1) is 0 Å². The van der Waals surface area contributed by atoms with Gasteiger partial charge in [0.1, 0.15) is 11.9 Å². The molecule has 0 amide bonds. The number of methoxy groups -OCH3 is 1. The van der Waals surface area contributed by atoms with Crippen molar-refractivity contribution in [3.63, 3.8) is 0 Å². The van der Waals surface area contributed by atoms with E-state index in [4.69, 9.17) is 4.74 Å². The van der Waals surface area contributed by atoms with Crippen molar-refractivity contribution in [2.24, 2.45) is 0 Å². The fourth-order valence-electron chi connectivity index (χ4n) is 1.92. The maximum Gasteiger partial charge on any atom is 0.338 e. The van der Waals surface area contributed by atoms with Gasteiger partial charge in [0.15, 0.2) is 5.75 Å². The molecule has 0 atom stereocenters. The Kier molecular flexibility index (Phi) is 1.80. The molecule has 1 N–H and O–H groups in total. The second-order valence-electron chi connectivity index (χ2n) is 3.57. The first-order valence-electron chi connectivity index (χ1n) is 4.90. The summed E-state index contributed by atoms with van der Waals surface area (Å²) < 4.78 is 10.1. The molecule has 0 spiro atoms. The molecule has 1 aromatic carbocycles. The lowest BCUT2D eigenvalue weighted by Gasteiger charge is -2.20. The Morgan fingerprint density at radius 3 is 3.25 bits per heavy atom. The Hall–Kier alpha value is -2.17. The summed E-state index contributed by atoms with van der Waals surface area (Å²) in [6.07, 6.45) is 3.45. The van der Waals surface area contributed by atoms with Crippen LogP contribution in [-0.2, 0) is 4.74 Å². The van der Waals surface area contributed by atoms with E-state index >= 15 is 0 Å². The van der Waals surface area contributed by atoms with Gasteiger partial charge in [0, 0.05) is 6.20 Å². The summed E-state index contributed by atoms with van der Waals surface area (Å²) in [6.45, 7) is 0.687. The summed E-state index contributed by atoms with van der Waals surface area (Å²) >= 11 is 0. The van der Waals surface area contributed by atoms with Crippen LogP contribution >= 0.6 is 0 Å². The summed E-state index contributed by atoms with van der Waals surface area (Å²) in [7, 11) is 1.36. The van der Waals surface area contributed by atoms with Crippen molar-refractivity contribution < 1.29 is 14.3 Å². The molecule has 0 unspecified atom stereocenters. The monoisotopic (exact) mass is 218 g/mol. The summed E-state index contributed by atoms with van der Waals surface area (Å²) in [4.78, 5) is 13.5. The number of esters is 1. The molecule has 16 heavy (non-hydrogen) atoms. The molecule has 0 aromatic heterocycles. The highest BCUT2D eigenvalue weighted by Crippen LogP contribution is 2.43. The third kappa shape index (κ3) is 1.14. The van der Waals surface area contributed by atoms with Crippen LogP contribution in [0.4, 0.5) is 11.4 Å². The molecule has 5 nitrogen and oxygen atoms in total. The number of anilines is 2. The SMILES string of the molecule is COC(=O)c1cc2c3c(c1)OC=CN3CN2. The van der Waals surface area contributed by atoms with Gasteiger partial charge >= 0.3 is 5.97 Å². The van der Waals surface area contributed by atoms with Crippen molar-refractivity contribution in [3.8, 4) is 5.75 Å². The molecular formula is C11H10N2O3. The number of nitrogens with one attached hydrogen (secondary N) is 1. The zero-order valence-corrected chi connectivity index (χ0v) is 8.69. The minimum Gasteiger partial charge on any atom is -0.465 e. The van der Waals surface area contributed by atoms with Gasteiger partial charge in [-0.1, -0.05) is 0 Å². The van der Waals surface area contributed by atoms with Crippen molar-refractivity contribution in [1.29, 1.82) is 0 Å². The quantitative estimate of drug-likeness (QED) is 0.724. The molecule has 0 saturated carbocycles. The van der Waals surface area contributed by atoms with Gasteiger partial charge in [0.2, 0.25) is 0 Å². The van der Waals surface area contributed by atoms with Crippen molar-refractivity contribution >= 4 is 17.3 Å². The van der Waals surface area contributed by atoms with E-state index in [1.807, 2.05) is 11.1 Å². The first kappa shape index (κ1) is 9.08. The Bertz CT molecular complexity index is 496. The van der Waals surface area contributed by atoms with Crippen molar-refractivity contribution in [3.05, 3.63) is 30.2 Å². The Labute approximate surface area is 92.3 Å². The molecule has 0 bridgehead atoms. The number of carbonyl (C=O) groups excluding carboxylic acids is 1. The molecular weight excluding hydrogens is 208 g/mol. The maximum atomic E-state index is 11.4. The zero-order valence-electron chi connectivity index (χ0n) is 8.69. The second kappa shape index (κ2) is 3.16. The molecule has 0 aliphatic carbocycles. The first-order chi connectivity index (χ1) is 7.79. The predicted octanol–water partition coefficient (Wildman–Crippen LogP) is 1.53. The number of hydrogen-bond acceptors (Lipinski definition) is 5. The van der Waals surface area contributed by atoms with E-state index in [0.29, 0.717) is 18.0 Å². The first-order valence-corrected chi connectivity index (χ1v) is 4.90. The van der Waals surface area contributed by atoms with Gasteiger partial charge in [0.25, 0.3) is 0 Å². The maximum absolute atomic E-state index is 11.4. The molecule has 0 radical (unpaired) electrons. The number of nitrogens with zero attached hydrogens (tertiary/aromatic N) is 1. The van der Waals surface area contributed by atoms with Gasteiger partial charge in [-0.2, -0.15) is 0 Å². The Morgan fingerprint density at radius 1 is 1.56 bits per heavy atom. The highest BCUT2D eigenvalue weighted by molar-refractivity contribution is 5.95. The molecule has 0 saturated heterocycles. The van der Waals surface area contributed by atoms with Crippen molar-refractivity contribution in [1.82, 2.24) is 0 Å². The minimum atomic E-state index is -0.363. The van der Waals surface area contributed by atoms with E-state index in [1.54, 1.807) is 18.4 Å². The second-order valence-corrected chi connectivity index (χ2v) is 3.57. The van der Waals surface area contributed by atoms with Crippen LogP contribution < -0.4 is 15.0 Å². The topological polar surface area (TPSA) is 50.8 Å². The number of rotatable bonds is 1. The Morgan fingerprint density at radius 2 is 2.44 bits per heavy atom. The molecule has 2 aliphatic heterocycles. The molecule has 3 rings (SSSR count). The largest absolute Gasteiger partial charge is 0.465 e. The fraction of sp³-hybridized carbons (Fsp3) is 0.182. The van der Waals surface area contributed by atoms with Crippen LogP contribution in [0.3, 0.4) is 0 Å². The number of ether oxygens (including phenoxy) is 2. The van der Waals surface area contributed by atoms with Gasteiger partial charge < -0.3 is 19.7 Å². The lowest BCUT2D eigenvalue weighted by atomic mass is 10.1. The minimum absolute atomic E-state index is 0.363. The van der Waals surface area contributed by atoms with E-state index in [1.165, 1.54) is 7.11 Å². The van der Waals surface area contributed by atoms with Crippen molar-refractivity contribution in [2.45, 2.75) is 0 Å². The molecule has 0 fully saturated rings. The van der Waals surface area contributed by atoms with Gasteiger partial charge in [0.05, 0.1) is 25.0 Å². The molecule has 82 valence electrons.